The van der Waals surface area contributed by atoms with Gasteiger partial charge in [-0.05, 0) is 6.92 Å². The predicted molar refractivity (Wildman–Crippen MR) is 85.0 cm³/mol. The second kappa shape index (κ2) is 8.43. The molecule has 0 aromatic heterocycles. The molecule has 0 aromatic rings. The number of rotatable bonds is 7. The molecule has 0 N–H and O–H groups in total. The Morgan fingerprint density at radius 2 is 1.48 bits per heavy atom. The van der Waals surface area contributed by atoms with Crippen molar-refractivity contribution in [3.8, 4) is 0 Å². The molecule has 1 saturated heterocycles. The molecule has 1 fully saturated rings. The van der Waals surface area contributed by atoms with Gasteiger partial charge in [0, 0.05) is 20.8 Å². The number of ether oxygens (including phenoxy) is 4. The van der Waals surface area contributed by atoms with Gasteiger partial charge in [0.05, 0.1) is 5.75 Å². The summed E-state index contributed by atoms with van der Waals surface area (Å²) in [7, 11) is -3.93. The summed E-state index contributed by atoms with van der Waals surface area (Å²) in [5.74, 6) is -2.52. The Morgan fingerprint density at radius 3 is 1.92 bits per heavy atom. The third-order valence-electron chi connectivity index (χ3n) is 3.12. The average Bonchev–Trinajstić information content (AvgIpc) is 2.73. The minimum atomic E-state index is -3.93. The highest BCUT2D eigenvalue weighted by molar-refractivity contribution is 7.92. The van der Waals surface area contributed by atoms with Crippen LogP contribution in [0.2, 0.25) is 0 Å². The van der Waals surface area contributed by atoms with Crippen LogP contribution in [-0.4, -0.2) is 62.4 Å². The zero-order chi connectivity index (χ0) is 19.4. The third-order valence-corrected chi connectivity index (χ3v) is 5.11. The molecule has 10 heteroatoms. The van der Waals surface area contributed by atoms with Crippen LogP contribution in [0.1, 0.15) is 27.7 Å². The maximum absolute atomic E-state index is 12.5. The molecule has 0 amide bonds. The van der Waals surface area contributed by atoms with Crippen molar-refractivity contribution in [2.45, 2.75) is 51.4 Å². The lowest BCUT2D eigenvalue weighted by Crippen LogP contribution is -2.43. The molecule has 0 radical (unpaired) electrons. The van der Waals surface area contributed by atoms with Crippen LogP contribution in [0.3, 0.4) is 0 Å². The van der Waals surface area contributed by atoms with Gasteiger partial charge in [-0.2, -0.15) is 0 Å². The van der Waals surface area contributed by atoms with Crippen LogP contribution >= 0.6 is 0 Å². The predicted octanol–water partition coefficient (Wildman–Crippen LogP) is 0.129. The van der Waals surface area contributed by atoms with Gasteiger partial charge in [0.25, 0.3) is 0 Å². The molecule has 0 saturated carbocycles. The Bertz CT molecular complexity index is 652. The first-order chi connectivity index (χ1) is 11.4. The monoisotopic (exact) mass is 378 g/mol. The van der Waals surface area contributed by atoms with Crippen molar-refractivity contribution < 1.29 is 41.7 Å². The maximum Gasteiger partial charge on any atom is 0.303 e. The van der Waals surface area contributed by atoms with E-state index in [4.69, 9.17) is 18.9 Å². The van der Waals surface area contributed by atoms with Crippen LogP contribution in [-0.2, 0) is 43.2 Å². The van der Waals surface area contributed by atoms with Gasteiger partial charge in [-0.15, -0.1) is 0 Å². The number of esters is 3. The highest BCUT2D eigenvalue weighted by atomic mass is 32.2. The van der Waals surface area contributed by atoms with Crippen molar-refractivity contribution >= 4 is 27.7 Å². The smallest absolute Gasteiger partial charge is 0.303 e. The molecule has 1 rings (SSSR count). The van der Waals surface area contributed by atoms with Crippen LogP contribution in [0.4, 0.5) is 0 Å². The van der Waals surface area contributed by atoms with E-state index in [9.17, 15) is 22.8 Å². The van der Waals surface area contributed by atoms with E-state index in [1.54, 1.807) is 0 Å². The Hall–Kier alpha value is -1.94. The summed E-state index contributed by atoms with van der Waals surface area (Å²) < 4.78 is 45.5. The van der Waals surface area contributed by atoms with Crippen LogP contribution in [0.15, 0.2) is 12.2 Å². The summed E-state index contributed by atoms with van der Waals surface area (Å²) in [4.78, 5) is 33.8. The first-order valence-corrected chi connectivity index (χ1v) is 9.14. The van der Waals surface area contributed by atoms with Crippen LogP contribution in [0, 0.1) is 0 Å². The van der Waals surface area contributed by atoms with Crippen LogP contribution in [0.5, 0.6) is 0 Å². The summed E-state index contributed by atoms with van der Waals surface area (Å²) in [6.45, 7) is 8.08. The summed E-state index contributed by atoms with van der Waals surface area (Å²) in [5.41, 5.74) is -1.21. The fourth-order valence-electron chi connectivity index (χ4n) is 2.39. The van der Waals surface area contributed by atoms with E-state index in [-0.39, 0.29) is 6.61 Å². The lowest BCUT2D eigenvalue weighted by Gasteiger charge is -2.23. The van der Waals surface area contributed by atoms with E-state index in [1.807, 2.05) is 0 Å². The van der Waals surface area contributed by atoms with Gasteiger partial charge >= 0.3 is 17.9 Å². The standard InChI is InChI=1S/C15H22O9S/c1-8(2)7-25(19,20)15-14(23-11(5)18)13(22-10(4)17)12(24-15)6-21-9(3)16/h12-15H,1,6-7H2,2-5H3. The molecule has 9 nitrogen and oxygen atoms in total. The van der Waals surface area contributed by atoms with Gasteiger partial charge in [0.15, 0.2) is 27.5 Å². The molecular formula is C15H22O9S. The molecule has 142 valence electrons. The van der Waals surface area contributed by atoms with Gasteiger partial charge in [0.2, 0.25) is 0 Å². The number of sulfone groups is 1. The van der Waals surface area contributed by atoms with Gasteiger partial charge < -0.3 is 18.9 Å². The summed E-state index contributed by atoms with van der Waals surface area (Å²) in [6.07, 6.45) is -3.71. The average molecular weight is 378 g/mol. The van der Waals surface area contributed by atoms with Crippen molar-refractivity contribution in [2.75, 3.05) is 12.4 Å². The maximum atomic E-state index is 12.5. The molecule has 1 aliphatic rings. The quantitative estimate of drug-likeness (QED) is 0.345. The molecule has 0 spiro atoms. The molecule has 0 aliphatic carbocycles. The molecular weight excluding hydrogens is 356 g/mol. The van der Waals surface area contributed by atoms with E-state index in [1.165, 1.54) is 6.92 Å². The fraction of sp³-hybridized carbons (Fsp3) is 0.667. The van der Waals surface area contributed by atoms with E-state index >= 15 is 0 Å². The molecule has 0 bridgehead atoms. The number of carbonyl (C=O) groups is 3. The summed E-state index contributed by atoms with van der Waals surface area (Å²) in [6, 6.07) is 0. The summed E-state index contributed by atoms with van der Waals surface area (Å²) >= 11 is 0. The molecule has 25 heavy (non-hydrogen) atoms. The zero-order valence-electron chi connectivity index (χ0n) is 14.5. The topological polar surface area (TPSA) is 122 Å². The molecule has 1 aliphatic heterocycles. The second-order valence-electron chi connectivity index (χ2n) is 5.76. The van der Waals surface area contributed by atoms with Gasteiger partial charge in [-0.3, -0.25) is 14.4 Å². The second-order valence-corrected chi connectivity index (χ2v) is 7.84. The number of hydrogen-bond acceptors (Lipinski definition) is 9. The Labute approximate surface area is 146 Å². The van der Waals surface area contributed by atoms with Gasteiger partial charge in [-0.25, -0.2) is 8.42 Å². The summed E-state index contributed by atoms with van der Waals surface area (Å²) in [5, 5.41) is 0. The van der Waals surface area contributed by atoms with Crippen molar-refractivity contribution in [3.05, 3.63) is 12.2 Å². The number of carbonyl (C=O) groups excluding carboxylic acids is 3. The van der Waals surface area contributed by atoms with Crippen molar-refractivity contribution in [1.82, 2.24) is 0 Å². The Kier molecular flexibility index (Phi) is 7.12. The molecule has 4 unspecified atom stereocenters. The molecule has 4 atom stereocenters. The van der Waals surface area contributed by atoms with Gasteiger partial charge in [-0.1, -0.05) is 12.2 Å². The first-order valence-electron chi connectivity index (χ1n) is 7.43. The van der Waals surface area contributed by atoms with Crippen molar-refractivity contribution in [3.63, 3.8) is 0 Å². The highest BCUT2D eigenvalue weighted by Gasteiger charge is 2.54. The fourth-order valence-corrected chi connectivity index (χ4v) is 4.17. The van der Waals surface area contributed by atoms with E-state index in [0.29, 0.717) is 5.57 Å². The van der Waals surface area contributed by atoms with E-state index in [0.717, 1.165) is 20.8 Å². The molecule has 1 heterocycles. The lowest BCUT2D eigenvalue weighted by molar-refractivity contribution is -0.165. The molecule has 0 aromatic carbocycles. The van der Waals surface area contributed by atoms with Gasteiger partial charge in [0.1, 0.15) is 12.7 Å². The minimum Gasteiger partial charge on any atom is -0.463 e. The van der Waals surface area contributed by atoms with E-state index < -0.39 is 57.2 Å². The first kappa shape index (κ1) is 21.1. The highest BCUT2D eigenvalue weighted by Crippen LogP contribution is 2.31. The number of hydrogen-bond donors (Lipinski definition) is 0. The van der Waals surface area contributed by atoms with Crippen molar-refractivity contribution in [1.29, 1.82) is 0 Å². The lowest BCUT2D eigenvalue weighted by atomic mass is 10.1. The zero-order valence-corrected chi connectivity index (χ0v) is 15.3. The Balaban J connectivity index is 3.20. The normalized spacial score (nSPS) is 25.9. The van der Waals surface area contributed by atoms with Crippen molar-refractivity contribution in [2.24, 2.45) is 0 Å². The Morgan fingerprint density at radius 1 is 0.960 bits per heavy atom. The SMILES string of the molecule is C=C(C)CS(=O)(=O)C1OC(COC(C)=O)C(OC(C)=O)C1OC(C)=O. The largest absolute Gasteiger partial charge is 0.463 e. The van der Waals surface area contributed by atoms with Crippen LogP contribution < -0.4 is 0 Å². The third kappa shape index (κ3) is 6.13. The van der Waals surface area contributed by atoms with Crippen LogP contribution in [0.25, 0.3) is 0 Å². The van der Waals surface area contributed by atoms with E-state index in [2.05, 4.69) is 6.58 Å². The minimum absolute atomic E-state index is 0.357.